The number of aromatic nitrogens is 2. The van der Waals surface area contributed by atoms with Gasteiger partial charge in [-0.1, -0.05) is 37.3 Å². The van der Waals surface area contributed by atoms with Crippen LogP contribution in [-0.2, 0) is 25.9 Å². The van der Waals surface area contributed by atoms with Crippen molar-refractivity contribution in [1.29, 1.82) is 0 Å². The topological polar surface area (TPSA) is 116 Å². The average Bonchev–Trinajstić information content (AvgIpc) is 3.13. The van der Waals surface area contributed by atoms with Gasteiger partial charge in [0.25, 0.3) is 11.5 Å². The van der Waals surface area contributed by atoms with Crippen LogP contribution in [0.5, 0.6) is 0 Å². The van der Waals surface area contributed by atoms with Gasteiger partial charge in [0.1, 0.15) is 0 Å². The molecule has 0 radical (unpaired) electrons. The molecule has 2 atom stereocenters. The number of ether oxygens (including phenoxy) is 1. The molecule has 3 rings (SSSR count). The molecule has 10 heteroatoms. The fraction of sp³-hybridized carbons (Fsp3) is 0.455. The predicted molar refractivity (Wildman–Crippen MR) is 118 cm³/mol. The van der Waals surface area contributed by atoms with Crippen LogP contribution in [0.3, 0.4) is 0 Å². The molecule has 0 unspecified atom stereocenters. The maximum absolute atomic E-state index is 12.8. The van der Waals surface area contributed by atoms with E-state index >= 15 is 0 Å². The molecule has 2 heterocycles. The van der Waals surface area contributed by atoms with E-state index in [9.17, 15) is 22.8 Å². The Morgan fingerprint density at radius 2 is 1.94 bits per heavy atom. The molecule has 1 aromatic heterocycles. The standard InChI is InChI=1S/C22H27N3O6S/c1-3-16(2)25(18-11-12-32(29,30)15-18)21(27)14-31-22(28)19-9-10-20(26)24(23-19)13-17-7-5-4-6-8-17/h4-10,16,18H,3,11-15H2,1-2H3/t16-,18+/m0/s1. The van der Waals surface area contributed by atoms with E-state index in [0.29, 0.717) is 12.8 Å². The van der Waals surface area contributed by atoms with Gasteiger partial charge < -0.3 is 9.64 Å². The second-order valence-electron chi connectivity index (χ2n) is 7.89. The maximum Gasteiger partial charge on any atom is 0.359 e. The Morgan fingerprint density at radius 1 is 1.22 bits per heavy atom. The van der Waals surface area contributed by atoms with Gasteiger partial charge >= 0.3 is 5.97 Å². The first-order valence-electron chi connectivity index (χ1n) is 10.5. The quantitative estimate of drug-likeness (QED) is 0.544. The van der Waals surface area contributed by atoms with Crippen molar-refractivity contribution in [2.45, 2.75) is 45.3 Å². The van der Waals surface area contributed by atoms with Crippen molar-refractivity contribution in [3.05, 3.63) is 64.1 Å². The van der Waals surface area contributed by atoms with Gasteiger partial charge in [0, 0.05) is 18.2 Å². The highest BCUT2D eigenvalue weighted by Crippen LogP contribution is 2.21. The van der Waals surface area contributed by atoms with E-state index in [1.807, 2.05) is 44.2 Å². The molecule has 0 bridgehead atoms. The van der Waals surface area contributed by atoms with Crippen LogP contribution in [0.2, 0.25) is 0 Å². The molecule has 1 aliphatic heterocycles. The molecule has 1 amide bonds. The van der Waals surface area contributed by atoms with Crippen LogP contribution in [0.15, 0.2) is 47.3 Å². The van der Waals surface area contributed by atoms with Gasteiger partial charge in [-0.15, -0.1) is 0 Å². The minimum absolute atomic E-state index is 0.0462. The molecular formula is C22H27N3O6S. The normalized spacial score (nSPS) is 18.1. The summed E-state index contributed by atoms with van der Waals surface area (Å²) in [6, 6.07) is 11.1. The summed E-state index contributed by atoms with van der Waals surface area (Å²) in [5.74, 6) is -1.32. The summed E-state index contributed by atoms with van der Waals surface area (Å²) in [4.78, 5) is 38.9. The molecule has 1 fully saturated rings. The van der Waals surface area contributed by atoms with Crippen molar-refractivity contribution in [2.75, 3.05) is 18.1 Å². The number of hydrogen-bond donors (Lipinski definition) is 0. The Balaban J connectivity index is 1.68. The first kappa shape index (κ1) is 23.6. The van der Waals surface area contributed by atoms with E-state index in [0.717, 1.165) is 10.2 Å². The van der Waals surface area contributed by atoms with Crippen molar-refractivity contribution < 1.29 is 22.7 Å². The van der Waals surface area contributed by atoms with E-state index in [1.165, 1.54) is 17.0 Å². The number of sulfone groups is 1. The largest absolute Gasteiger partial charge is 0.451 e. The first-order chi connectivity index (χ1) is 15.2. The Morgan fingerprint density at radius 3 is 2.56 bits per heavy atom. The van der Waals surface area contributed by atoms with Crippen molar-refractivity contribution in [3.8, 4) is 0 Å². The lowest BCUT2D eigenvalue weighted by Gasteiger charge is -2.33. The average molecular weight is 462 g/mol. The third-order valence-corrected chi connectivity index (χ3v) is 7.28. The van der Waals surface area contributed by atoms with Crippen molar-refractivity contribution in [3.63, 3.8) is 0 Å². The Hall–Kier alpha value is -3.01. The van der Waals surface area contributed by atoms with Gasteiger partial charge in [-0.2, -0.15) is 5.10 Å². The molecule has 2 aromatic rings. The summed E-state index contributed by atoms with van der Waals surface area (Å²) in [7, 11) is -3.17. The van der Waals surface area contributed by atoms with Crippen molar-refractivity contribution in [2.24, 2.45) is 0 Å². The molecule has 0 saturated carbocycles. The molecule has 1 aliphatic rings. The van der Waals surface area contributed by atoms with Gasteiger partial charge in [-0.25, -0.2) is 17.9 Å². The molecule has 1 saturated heterocycles. The van der Waals surface area contributed by atoms with Crippen LogP contribution in [0, 0.1) is 0 Å². The molecule has 32 heavy (non-hydrogen) atoms. The molecule has 1 aromatic carbocycles. The SMILES string of the molecule is CC[C@H](C)N(C(=O)COC(=O)c1ccc(=O)n(Cc2ccccc2)n1)[C@@H]1CCS(=O)(=O)C1. The molecule has 9 nitrogen and oxygen atoms in total. The van der Waals surface area contributed by atoms with Gasteiger partial charge in [-0.05, 0) is 31.4 Å². The lowest BCUT2D eigenvalue weighted by atomic mass is 10.1. The van der Waals surface area contributed by atoms with Crippen LogP contribution in [0.4, 0.5) is 0 Å². The highest BCUT2D eigenvalue weighted by atomic mass is 32.2. The Labute approximate surface area is 186 Å². The third kappa shape index (κ3) is 5.82. The zero-order chi connectivity index (χ0) is 23.3. The zero-order valence-electron chi connectivity index (χ0n) is 18.1. The third-order valence-electron chi connectivity index (χ3n) is 5.53. The van der Waals surface area contributed by atoms with Crippen molar-refractivity contribution in [1.82, 2.24) is 14.7 Å². The van der Waals surface area contributed by atoms with Crippen LogP contribution in [0.25, 0.3) is 0 Å². The highest BCUT2D eigenvalue weighted by Gasteiger charge is 2.36. The minimum Gasteiger partial charge on any atom is -0.451 e. The molecule has 0 aliphatic carbocycles. The number of benzene rings is 1. The molecule has 172 valence electrons. The lowest BCUT2D eigenvalue weighted by molar-refractivity contribution is -0.138. The predicted octanol–water partition coefficient (Wildman–Crippen LogP) is 1.26. The maximum atomic E-state index is 12.8. The number of carbonyl (C=O) groups excluding carboxylic acids is 2. The summed E-state index contributed by atoms with van der Waals surface area (Å²) >= 11 is 0. The monoisotopic (exact) mass is 461 g/mol. The Bertz CT molecular complexity index is 1130. The summed E-state index contributed by atoms with van der Waals surface area (Å²) in [6.07, 6.45) is 1.01. The summed E-state index contributed by atoms with van der Waals surface area (Å²) in [6.45, 7) is 3.41. The van der Waals surface area contributed by atoms with Crippen molar-refractivity contribution >= 4 is 21.7 Å². The highest BCUT2D eigenvalue weighted by molar-refractivity contribution is 7.91. The van der Waals surface area contributed by atoms with E-state index in [1.54, 1.807) is 0 Å². The number of nitrogens with zero attached hydrogens (tertiary/aromatic N) is 3. The number of amides is 1. The number of esters is 1. The van der Waals surface area contributed by atoms with Gasteiger partial charge in [-0.3, -0.25) is 9.59 Å². The smallest absolute Gasteiger partial charge is 0.359 e. The van der Waals surface area contributed by atoms with E-state index in [2.05, 4.69) is 5.10 Å². The number of carbonyl (C=O) groups is 2. The molecule has 0 N–H and O–H groups in total. The molecular weight excluding hydrogens is 434 g/mol. The second kappa shape index (κ2) is 10.1. The van der Waals surface area contributed by atoms with Gasteiger partial charge in [0.05, 0.1) is 18.1 Å². The lowest BCUT2D eigenvalue weighted by Crippen LogP contribution is -2.48. The van der Waals surface area contributed by atoms with Crippen LogP contribution in [-0.4, -0.2) is 65.2 Å². The number of rotatable bonds is 8. The van der Waals surface area contributed by atoms with Crippen LogP contribution >= 0.6 is 0 Å². The van der Waals surface area contributed by atoms with Gasteiger partial charge in [0.15, 0.2) is 22.1 Å². The summed E-state index contributed by atoms with van der Waals surface area (Å²) in [5.41, 5.74) is 0.386. The van der Waals surface area contributed by atoms with E-state index < -0.39 is 34.4 Å². The van der Waals surface area contributed by atoms with Crippen LogP contribution < -0.4 is 5.56 Å². The Kier molecular flexibility index (Phi) is 7.44. The van der Waals surface area contributed by atoms with Crippen LogP contribution in [0.1, 0.15) is 42.7 Å². The van der Waals surface area contributed by atoms with E-state index in [-0.39, 0.29) is 35.3 Å². The number of hydrogen-bond acceptors (Lipinski definition) is 7. The summed E-state index contributed by atoms with van der Waals surface area (Å²) < 4.78 is 30.0. The van der Waals surface area contributed by atoms with E-state index in [4.69, 9.17) is 4.74 Å². The van der Waals surface area contributed by atoms with Gasteiger partial charge in [0.2, 0.25) is 0 Å². The minimum atomic E-state index is -3.17. The zero-order valence-corrected chi connectivity index (χ0v) is 19.0. The summed E-state index contributed by atoms with van der Waals surface area (Å²) in [5, 5.41) is 4.06. The fourth-order valence-electron chi connectivity index (χ4n) is 3.70. The molecule has 0 spiro atoms. The first-order valence-corrected chi connectivity index (χ1v) is 12.3. The fourth-order valence-corrected chi connectivity index (χ4v) is 5.42. The second-order valence-corrected chi connectivity index (χ2v) is 10.1.